The average Bonchev–Trinajstić information content (AvgIpc) is 3.60. The van der Waals surface area contributed by atoms with Gasteiger partial charge in [-0.15, -0.1) is 0 Å². The van der Waals surface area contributed by atoms with Crippen LogP contribution in [0.1, 0.15) is 16.4 Å². The lowest BCUT2D eigenvalue weighted by Crippen LogP contribution is -1.91. The molecular weight excluding hydrogens is 569 g/mol. The molecule has 0 aliphatic rings. The molecule has 9 aromatic carbocycles. The Morgan fingerprint density at radius 2 is 1.00 bits per heavy atom. The van der Waals surface area contributed by atoms with E-state index in [0.29, 0.717) is 33.1 Å². The minimum Gasteiger partial charge on any atom is -0.456 e. The first-order valence-electron chi connectivity index (χ1n) is 21.2. The van der Waals surface area contributed by atoms with Crippen molar-refractivity contribution >= 4 is 65.0 Å². The SMILES string of the molecule is [2H]c1c([2H])c([2H])c(-c2ccc3cc4oc5ccc(-c6c7ccccc7c(-c7c([2H])c([2H])c8c([2H])c([2H])c([2H])c([2H])c8c7[2H])c7ccccc67)cc5c4cc3c2)c([2H])c1[2H]. The van der Waals surface area contributed by atoms with Gasteiger partial charge in [0.1, 0.15) is 11.2 Å². The highest BCUT2D eigenvalue weighted by atomic mass is 16.3. The molecule has 0 bridgehead atoms. The third kappa shape index (κ3) is 4.10. The van der Waals surface area contributed by atoms with E-state index in [9.17, 15) is 2.74 Å². The summed E-state index contributed by atoms with van der Waals surface area (Å²) in [6, 6.07) is 26.0. The molecule has 0 saturated heterocycles. The van der Waals surface area contributed by atoms with Gasteiger partial charge in [-0.05, 0) is 113 Å². The summed E-state index contributed by atoms with van der Waals surface area (Å²) in [5.41, 5.74) is 4.29. The van der Waals surface area contributed by atoms with Gasteiger partial charge < -0.3 is 4.42 Å². The van der Waals surface area contributed by atoms with Crippen molar-refractivity contribution < 1.29 is 20.9 Å². The minimum atomic E-state index is -0.517. The Morgan fingerprint density at radius 1 is 0.362 bits per heavy atom. The Morgan fingerprint density at radius 3 is 1.74 bits per heavy atom. The van der Waals surface area contributed by atoms with E-state index in [4.69, 9.17) is 18.1 Å². The molecule has 1 nitrogen and oxygen atoms in total. The first-order valence-corrected chi connectivity index (χ1v) is 15.2. The first kappa shape index (κ1) is 16.9. The van der Waals surface area contributed by atoms with Gasteiger partial charge in [0.2, 0.25) is 0 Å². The highest BCUT2D eigenvalue weighted by Crippen LogP contribution is 2.45. The Hall–Kier alpha value is -6.18. The van der Waals surface area contributed by atoms with Gasteiger partial charge in [-0.2, -0.15) is 0 Å². The maximum atomic E-state index is 9.40. The van der Waals surface area contributed by atoms with Crippen LogP contribution in [0.5, 0.6) is 0 Å². The summed E-state index contributed by atoms with van der Waals surface area (Å²) in [5.74, 6) is 0. The van der Waals surface area contributed by atoms with Crippen molar-refractivity contribution in [1.29, 1.82) is 0 Å². The molecule has 0 atom stereocenters. The first-order chi connectivity index (χ1) is 28.3. The number of fused-ring (bicyclic) bond motifs is 7. The van der Waals surface area contributed by atoms with E-state index in [2.05, 4.69) is 6.07 Å². The van der Waals surface area contributed by atoms with Gasteiger partial charge in [-0.1, -0.05) is 133 Å². The molecule has 1 aromatic heterocycles. The molecule has 0 aliphatic heterocycles. The lowest BCUT2D eigenvalue weighted by atomic mass is 9.85. The fraction of sp³-hybridized carbons (Fsp3) is 0. The van der Waals surface area contributed by atoms with Crippen LogP contribution in [0.15, 0.2) is 174 Å². The fourth-order valence-corrected chi connectivity index (χ4v) is 6.84. The van der Waals surface area contributed by atoms with E-state index in [1.807, 2.05) is 84.9 Å². The van der Waals surface area contributed by atoms with E-state index >= 15 is 0 Å². The molecule has 1 heterocycles. The Balaban J connectivity index is 1.22. The predicted molar refractivity (Wildman–Crippen MR) is 200 cm³/mol. The van der Waals surface area contributed by atoms with Crippen LogP contribution in [-0.2, 0) is 0 Å². The van der Waals surface area contributed by atoms with E-state index < -0.39 is 42.3 Å². The highest BCUT2D eigenvalue weighted by Gasteiger charge is 2.18. The summed E-state index contributed by atoms with van der Waals surface area (Å²) in [6.07, 6.45) is 0. The molecule has 0 radical (unpaired) electrons. The van der Waals surface area contributed by atoms with Crippen LogP contribution in [0.3, 0.4) is 0 Å². The van der Waals surface area contributed by atoms with Crippen molar-refractivity contribution in [2.75, 3.05) is 0 Å². The molecule has 1 heteroatoms. The quantitative estimate of drug-likeness (QED) is 0.182. The minimum absolute atomic E-state index is 0.102. The van der Waals surface area contributed by atoms with Gasteiger partial charge in [-0.3, -0.25) is 0 Å². The van der Waals surface area contributed by atoms with Gasteiger partial charge in [0.25, 0.3) is 0 Å². The second-order valence-corrected chi connectivity index (χ2v) is 11.6. The number of rotatable bonds is 3. The van der Waals surface area contributed by atoms with E-state index in [0.717, 1.165) is 43.4 Å². The molecule has 0 unspecified atom stereocenters. The van der Waals surface area contributed by atoms with Crippen LogP contribution in [-0.4, -0.2) is 0 Å². The van der Waals surface area contributed by atoms with Gasteiger partial charge in [0.15, 0.2) is 0 Å². The summed E-state index contributed by atoms with van der Waals surface area (Å²) in [6.45, 7) is 0. The van der Waals surface area contributed by atoms with Crippen LogP contribution in [0.4, 0.5) is 0 Å². The Labute approximate surface area is 288 Å². The Kier molecular flexibility index (Phi) is 3.66. The van der Waals surface area contributed by atoms with E-state index in [1.54, 1.807) is 6.07 Å². The van der Waals surface area contributed by atoms with Gasteiger partial charge in [0.05, 0.1) is 16.4 Å². The molecule has 0 N–H and O–H groups in total. The van der Waals surface area contributed by atoms with Gasteiger partial charge in [0, 0.05) is 10.8 Å². The van der Waals surface area contributed by atoms with E-state index in [-0.39, 0.29) is 52.1 Å². The summed E-state index contributed by atoms with van der Waals surface area (Å²) in [4.78, 5) is 0. The van der Waals surface area contributed by atoms with Crippen molar-refractivity contribution in [2.24, 2.45) is 0 Å². The monoisotopic (exact) mass is 608 g/mol. The summed E-state index contributed by atoms with van der Waals surface area (Å²) in [5, 5.41) is 6.05. The molecule has 0 aliphatic carbocycles. The van der Waals surface area contributed by atoms with Crippen LogP contribution >= 0.6 is 0 Å². The average molecular weight is 609 g/mol. The number of hydrogen-bond donors (Lipinski definition) is 0. The predicted octanol–water partition coefficient (Wildman–Crippen LogP) is 13.2. The molecule has 47 heavy (non-hydrogen) atoms. The van der Waals surface area contributed by atoms with Crippen molar-refractivity contribution in [2.45, 2.75) is 0 Å². The molecule has 0 fully saturated rings. The third-order valence-corrected chi connectivity index (χ3v) is 8.94. The number of hydrogen-bond acceptors (Lipinski definition) is 1. The standard InChI is InChI=1S/C46H28O/c1-2-10-29(11-3-1)32-19-20-33-28-44-42(27-36(33)25-32)41-26-35(22-23-43(41)47-44)46-39-16-8-6-14-37(39)45(38-15-7-9-17-40(38)46)34-21-18-30-12-4-5-13-31(30)24-34/h1-28H/i1D,2D,3D,4D,5D,10D,11D,12D,13D,18D,21D,24D. The topological polar surface area (TPSA) is 13.1 Å². The van der Waals surface area contributed by atoms with Gasteiger partial charge >= 0.3 is 0 Å². The zero-order valence-corrected chi connectivity index (χ0v) is 24.6. The summed E-state index contributed by atoms with van der Waals surface area (Å²) in [7, 11) is 0. The molecule has 218 valence electrons. The summed E-state index contributed by atoms with van der Waals surface area (Å²) < 4.78 is 109. The van der Waals surface area contributed by atoms with Crippen molar-refractivity contribution in [1.82, 2.24) is 0 Å². The van der Waals surface area contributed by atoms with E-state index in [1.165, 1.54) is 0 Å². The van der Waals surface area contributed by atoms with Crippen LogP contribution in [0, 0.1) is 0 Å². The smallest absolute Gasteiger partial charge is 0.136 e. The van der Waals surface area contributed by atoms with Crippen LogP contribution in [0.25, 0.3) is 98.4 Å². The third-order valence-electron chi connectivity index (χ3n) is 8.94. The van der Waals surface area contributed by atoms with Gasteiger partial charge in [-0.25, -0.2) is 0 Å². The van der Waals surface area contributed by atoms with Crippen molar-refractivity contribution in [3.05, 3.63) is 170 Å². The largest absolute Gasteiger partial charge is 0.456 e. The van der Waals surface area contributed by atoms with Crippen LogP contribution in [0.2, 0.25) is 0 Å². The lowest BCUT2D eigenvalue weighted by molar-refractivity contribution is 0.669. The molecular formula is C46H28O. The van der Waals surface area contributed by atoms with Crippen molar-refractivity contribution in [3.63, 3.8) is 0 Å². The highest BCUT2D eigenvalue weighted by molar-refractivity contribution is 6.22. The molecule has 10 aromatic rings. The Bertz CT molecular complexity index is 3450. The zero-order chi connectivity index (χ0) is 41.3. The second kappa shape index (κ2) is 10.2. The molecule has 0 spiro atoms. The second-order valence-electron chi connectivity index (χ2n) is 11.6. The number of furan rings is 1. The fourth-order valence-electron chi connectivity index (χ4n) is 6.84. The number of benzene rings is 9. The normalized spacial score (nSPS) is 15.4. The zero-order valence-electron chi connectivity index (χ0n) is 36.6. The van der Waals surface area contributed by atoms with Crippen LogP contribution < -0.4 is 0 Å². The molecule has 0 amide bonds. The molecule has 10 rings (SSSR count). The summed E-state index contributed by atoms with van der Waals surface area (Å²) >= 11 is 0. The lowest BCUT2D eigenvalue weighted by Gasteiger charge is -2.18. The maximum absolute atomic E-state index is 9.40. The maximum Gasteiger partial charge on any atom is 0.136 e. The van der Waals surface area contributed by atoms with Crippen molar-refractivity contribution in [3.8, 4) is 33.4 Å². The molecule has 0 saturated carbocycles.